The molecule has 2 N–H and O–H groups in total. The maximum absolute atomic E-state index is 11.9. The Balaban J connectivity index is 1.63. The minimum Gasteiger partial charge on any atom is -0.356 e. The Morgan fingerprint density at radius 1 is 0.875 bits per heavy atom. The lowest BCUT2D eigenvalue weighted by Gasteiger charge is -2.14. The second-order valence-electron chi connectivity index (χ2n) is 5.79. The summed E-state index contributed by atoms with van der Waals surface area (Å²) in [6, 6.07) is 19.7. The normalized spacial score (nSPS) is 11.5. The van der Waals surface area contributed by atoms with E-state index in [1.807, 2.05) is 67.6 Å². The topological polar surface area (TPSA) is 58.2 Å². The van der Waals surface area contributed by atoms with Crippen LogP contribution >= 0.6 is 0 Å². The van der Waals surface area contributed by atoms with Gasteiger partial charge in [0.05, 0.1) is 6.04 Å². The predicted molar refractivity (Wildman–Crippen MR) is 95.4 cm³/mol. The van der Waals surface area contributed by atoms with Crippen molar-refractivity contribution in [1.29, 1.82) is 0 Å². The van der Waals surface area contributed by atoms with Crippen LogP contribution < -0.4 is 10.6 Å². The van der Waals surface area contributed by atoms with Gasteiger partial charge in [-0.3, -0.25) is 9.59 Å². The molecule has 0 aliphatic carbocycles. The first-order valence-electron chi connectivity index (χ1n) is 8.30. The molecule has 4 heteroatoms. The van der Waals surface area contributed by atoms with Gasteiger partial charge in [-0.1, -0.05) is 60.7 Å². The van der Waals surface area contributed by atoms with Gasteiger partial charge in [0, 0.05) is 19.4 Å². The first-order valence-corrected chi connectivity index (χ1v) is 8.30. The smallest absolute Gasteiger partial charge is 0.220 e. The highest BCUT2D eigenvalue weighted by Gasteiger charge is 2.11. The van der Waals surface area contributed by atoms with Crippen molar-refractivity contribution in [2.45, 2.75) is 32.2 Å². The lowest BCUT2D eigenvalue weighted by molar-refractivity contribution is -0.126. The Bertz CT molecular complexity index is 641. The van der Waals surface area contributed by atoms with Crippen molar-refractivity contribution in [3.63, 3.8) is 0 Å². The van der Waals surface area contributed by atoms with E-state index in [4.69, 9.17) is 0 Å². The Morgan fingerprint density at radius 3 is 2.12 bits per heavy atom. The van der Waals surface area contributed by atoms with Crippen molar-refractivity contribution in [2.75, 3.05) is 6.54 Å². The molecule has 0 aromatic heterocycles. The number of hydrogen-bond acceptors (Lipinski definition) is 2. The number of rotatable bonds is 8. The molecule has 2 amide bonds. The van der Waals surface area contributed by atoms with Crippen LogP contribution in [-0.4, -0.2) is 18.4 Å². The highest BCUT2D eigenvalue weighted by Crippen LogP contribution is 2.11. The highest BCUT2D eigenvalue weighted by molar-refractivity contribution is 5.83. The van der Waals surface area contributed by atoms with Crippen LogP contribution in [0.4, 0.5) is 0 Å². The molecule has 0 heterocycles. The lowest BCUT2D eigenvalue weighted by atomic mass is 10.1. The van der Waals surface area contributed by atoms with Crippen molar-refractivity contribution >= 4 is 11.8 Å². The minimum absolute atomic E-state index is 0.0557. The van der Waals surface area contributed by atoms with Gasteiger partial charge in [0.15, 0.2) is 0 Å². The molecular formula is C20H24N2O2. The van der Waals surface area contributed by atoms with Crippen molar-refractivity contribution < 1.29 is 9.59 Å². The summed E-state index contributed by atoms with van der Waals surface area (Å²) in [5.41, 5.74) is 2.24. The molecule has 0 unspecified atom stereocenters. The Morgan fingerprint density at radius 2 is 1.46 bits per heavy atom. The third-order valence-electron chi connectivity index (χ3n) is 3.83. The third-order valence-corrected chi connectivity index (χ3v) is 3.83. The maximum atomic E-state index is 11.9. The van der Waals surface area contributed by atoms with Crippen molar-refractivity contribution in [3.05, 3.63) is 71.8 Å². The molecule has 1 atom stereocenters. The maximum Gasteiger partial charge on any atom is 0.220 e. The molecule has 2 rings (SSSR count). The molecule has 0 spiro atoms. The number of hydrogen-bond donors (Lipinski definition) is 2. The number of amides is 2. The predicted octanol–water partition coefficient (Wildman–Crippen LogP) is 3.00. The van der Waals surface area contributed by atoms with Crippen LogP contribution in [0.25, 0.3) is 0 Å². The van der Waals surface area contributed by atoms with Crippen LogP contribution in [0.1, 0.15) is 36.9 Å². The van der Waals surface area contributed by atoms with Gasteiger partial charge in [-0.05, 0) is 24.5 Å². The van der Waals surface area contributed by atoms with E-state index in [9.17, 15) is 9.59 Å². The largest absolute Gasteiger partial charge is 0.356 e. The molecule has 2 aromatic rings. The Labute approximate surface area is 143 Å². The average molecular weight is 324 g/mol. The zero-order chi connectivity index (χ0) is 17.2. The molecule has 4 nitrogen and oxygen atoms in total. The summed E-state index contributed by atoms with van der Waals surface area (Å²) in [6.45, 7) is 2.53. The SMILES string of the molecule is C[C@@H](NC(=O)CCC(=O)NCCc1ccccc1)c1ccccc1. The molecule has 0 aliphatic rings. The first-order chi connectivity index (χ1) is 11.6. The summed E-state index contributed by atoms with van der Waals surface area (Å²) in [5, 5.41) is 5.77. The van der Waals surface area contributed by atoms with Crippen molar-refractivity contribution in [2.24, 2.45) is 0 Å². The van der Waals surface area contributed by atoms with E-state index >= 15 is 0 Å². The van der Waals surface area contributed by atoms with Gasteiger partial charge in [0.2, 0.25) is 11.8 Å². The first kappa shape index (κ1) is 17.7. The molecule has 126 valence electrons. The average Bonchev–Trinajstić information content (AvgIpc) is 2.61. The molecule has 0 radical (unpaired) electrons. The summed E-state index contributed by atoms with van der Waals surface area (Å²) in [6.07, 6.45) is 1.21. The summed E-state index contributed by atoms with van der Waals surface area (Å²) in [5.74, 6) is -0.196. The molecule has 0 fully saturated rings. The van der Waals surface area contributed by atoms with E-state index in [2.05, 4.69) is 10.6 Å². The fourth-order valence-electron chi connectivity index (χ4n) is 2.45. The van der Waals surface area contributed by atoms with Gasteiger partial charge in [0.25, 0.3) is 0 Å². The second kappa shape index (κ2) is 9.50. The molecule has 0 bridgehead atoms. The van der Waals surface area contributed by atoms with Crippen molar-refractivity contribution in [3.8, 4) is 0 Å². The number of carbonyl (C=O) groups excluding carboxylic acids is 2. The van der Waals surface area contributed by atoms with Crippen LogP contribution in [0.15, 0.2) is 60.7 Å². The van der Waals surface area contributed by atoms with Gasteiger partial charge in [0.1, 0.15) is 0 Å². The van der Waals surface area contributed by atoms with Gasteiger partial charge in [-0.25, -0.2) is 0 Å². The highest BCUT2D eigenvalue weighted by atomic mass is 16.2. The summed E-state index contributed by atoms with van der Waals surface area (Å²) < 4.78 is 0. The molecule has 0 aliphatic heterocycles. The molecule has 0 saturated heterocycles. The second-order valence-corrected chi connectivity index (χ2v) is 5.79. The molecule has 2 aromatic carbocycles. The van der Waals surface area contributed by atoms with Crippen molar-refractivity contribution in [1.82, 2.24) is 10.6 Å². The van der Waals surface area contributed by atoms with Crippen LogP contribution in [0.2, 0.25) is 0 Å². The monoisotopic (exact) mass is 324 g/mol. The van der Waals surface area contributed by atoms with E-state index in [1.165, 1.54) is 5.56 Å². The Hall–Kier alpha value is -2.62. The lowest BCUT2D eigenvalue weighted by Crippen LogP contribution is -2.30. The zero-order valence-electron chi connectivity index (χ0n) is 14.0. The van der Waals surface area contributed by atoms with E-state index in [1.54, 1.807) is 0 Å². The quantitative estimate of drug-likeness (QED) is 0.784. The Kier molecular flexibility index (Phi) is 7.02. The van der Waals surface area contributed by atoms with E-state index in [0.717, 1.165) is 12.0 Å². The van der Waals surface area contributed by atoms with Gasteiger partial charge in [-0.15, -0.1) is 0 Å². The van der Waals surface area contributed by atoms with E-state index < -0.39 is 0 Å². The minimum atomic E-state index is -0.107. The zero-order valence-corrected chi connectivity index (χ0v) is 14.0. The molecular weight excluding hydrogens is 300 g/mol. The van der Waals surface area contributed by atoms with Crippen LogP contribution in [-0.2, 0) is 16.0 Å². The van der Waals surface area contributed by atoms with Gasteiger partial charge >= 0.3 is 0 Å². The molecule has 0 saturated carbocycles. The number of benzene rings is 2. The van der Waals surface area contributed by atoms with E-state index in [-0.39, 0.29) is 30.7 Å². The van der Waals surface area contributed by atoms with Crippen LogP contribution in [0, 0.1) is 0 Å². The number of carbonyl (C=O) groups is 2. The standard InChI is InChI=1S/C20H24N2O2/c1-16(18-10-6-3-7-11-18)22-20(24)13-12-19(23)21-15-14-17-8-4-2-5-9-17/h2-11,16H,12-15H2,1H3,(H,21,23)(H,22,24)/t16-/m1/s1. The fourth-order valence-corrected chi connectivity index (χ4v) is 2.45. The van der Waals surface area contributed by atoms with Gasteiger partial charge in [-0.2, -0.15) is 0 Å². The third kappa shape index (κ3) is 6.24. The van der Waals surface area contributed by atoms with Crippen LogP contribution in [0.5, 0.6) is 0 Å². The fraction of sp³-hybridized carbons (Fsp3) is 0.300. The number of nitrogens with one attached hydrogen (secondary N) is 2. The van der Waals surface area contributed by atoms with Crippen LogP contribution in [0.3, 0.4) is 0 Å². The van der Waals surface area contributed by atoms with E-state index in [0.29, 0.717) is 6.54 Å². The summed E-state index contributed by atoms with van der Waals surface area (Å²) in [7, 11) is 0. The molecule has 24 heavy (non-hydrogen) atoms. The summed E-state index contributed by atoms with van der Waals surface area (Å²) in [4.78, 5) is 23.7. The summed E-state index contributed by atoms with van der Waals surface area (Å²) >= 11 is 0. The van der Waals surface area contributed by atoms with Gasteiger partial charge < -0.3 is 10.6 Å².